The summed E-state index contributed by atoms with van der Waals surface area (Å²) in [5, 5.41) is 4.02. The van der Waals surface area contributed by atoms with Gasteiger partial charge in [0.25, 0.3) is 5.91 Å². The second-order valence-electron chi connectivity index (χ2n) is 6.46. The van der Waals surface area contributed by atoms with Crippen molar-refractivity contribution in [3.05, 3.63) is 40.5 Å². The first-order valence-electron chi connectivity index (χ1n) is 8.26. The van der Waals surface area contributed by atoms with E-state index in [9.17, 15) is 13.2 Å². The number of rotatable bonds is 4. The van der Waals surface area contributed by atoms with Crippen molar-refractivity contribution in [1.82, 2.24) is 14.2 Å². The molecule has 0 bridgehead atoms. The molecule has 0 saturated carbocycles. The van der Waals surface area contributed by atoms with Gasteiger partial charge in [-0.15, -0.1) is 11.3 Å². The highest BCUT2D eigenvalue weighted by atomic mass is 32.2. The number of carbonyl (C=O) groups is 1. The Hall–Kier alpha value is -1.64. The zero-order valence-electron chi connectivity index (χ0n) is 14.7. The van der Waals surface area contributed by atoms with Crippen LogP contribution in [-0.2, 0) is 10.0 Å². The molecule has 25 heavy (non-hydrogen) atoms. The zero-order valence-corrected chi connectivity index (χ0v) is 16.3. The van der Waals surface area contributed by atoms with Gasteiger partial charge in [0.2, 0.25) is 10.0 Å². The Morgan fingerprint density at radius 2 is 1.80 bits per heavy atom. The predicted octanol–water partition coefficient (Wildman–Crippen LogP) is 2.31. The van der Waals surface area contributed by atoms with Gasteiger partial charge in [0, 0.05) is 36.4 Å². The van der Waals surface area contributed by atoms with Gasteiger partial charge in [-0.2, -0.15) is 0 Å². The van der Waals surface area contributed by atoms with Crippen LogP contribution in [0.3, 0.4) is 0 Å². The van der Waals surface area contributed by atoms with E-state index < -0.39 is 10.0 Å². The van der Waals surface area contributed by atoms with Gasteiger partial charge in [-0.1, -0.05) is 0 Å². The molecule has 0 radical (unpaired) electrons. The van der Waals surface area contributed by atoms with Crippen LogP contribution in [-0.4, -0.2) is 48.6 Å². The van der Waals surface area contributed by atoms with Crippen LogP contribution in [0.1, 0.15) is 33.6 Å². The van der Waals surface area contributed by atoms with Gasteiger partial charge in [-0.25, -0.2) is 12.7 Å². The van der Waals surface area contributed by atoms with E-state index in [2.05, 4.69) is 5.32 Å². The van der Waals surface area contributed by atoms with Gasteiger partial charge in [0.1, 0.15) is 5.00 Å². The topological polar surface area (TPSA) is 71.4 Å². The second kappa shape index (κ2) is 6.93. The lowest BCUT2D eigenvalue weighted by Crippen LogP contribution is -2.46. The van der Waals surface area contributed by atoms with Crippen LogP contribution in [0.5, 0.6) is 0 Å². The second-order valence-corrected chi connectivity index (χ2v) is 9.65. The van der Waals surface area contributed by atoms with Gasteiger partial charge < -0.3 is 9.88 Å². The number of hydrogen-bond acceptors (Lipinski definition) is 4. The van der Waals surface area contributed by atoms with E-state index in [1.54, 1.807) is 11.3 Å². The summed E-state index contributed by atoms with van der Waals surface area (Å²) in [6.45, 7) is 4.90. The van der Waals surface area contributed by atoms with E-state index in [4.69, 9.17) is 0 Å². The third-order valence-corrected chi connectivity index (χ3v) is 7.21. The number of piperidine rings is 1. The number of aryl methyl sites for hydroxylation is 1. The molecule has 1 aliphatic heterocycles. The number of amides is 1. The third kappa shape index (κ3) is 3.80. The lowest BCUT2D eigenvalue weighted by atomic mass is 10.1. The minimum absolute atomic E-state index is 0.00242. The standard InChI is InChI=1S/C17H23N3O3S2/c1-12-13(2)24-17(19-8-4-5-9-19)15(12)16(21)18-14-6-10-20(11-7-14)25(3,22)23/h4-5,8-9,14H,6-7,10-11H2,1-3H3,(H,18,21). The highest BCUT2D eigenvalue weighted by molar-refractivity contribution is 7.88. The number of aromatic nitrogens is 1. The molecule has 0 atom stereocenters. The monoisotopic (exact) mass is 381 g/mol. The molecule has 8 heteroatoms. The number of hydrogen-bond donors (Lipinski definition) is 1. The van der Waals surface area contributed by atoms with Crippen LogP contribution >= 0.6 is 11.3 Å². The summed E-state index contributed by atoms with van der Waals surface area (Å²) in [6.07, 6.45) is 6.38. The molecule has 2 aromatic rings. The van der Waals surface area contributed by atoms with Crippen molar-refractivity contribution in [2.45, 2.75) is 32.7 Å². The van der Waals surface area contributed by atoms with E-state index in [-0.39, 0.29) is 11.9 Å². The maximum atomic E-state index is 12.9. The fourth-order valence-corrected chi connectivity index (χ4v) is 5.11. The Morgan fingerprint density at radius 1 is 1.20 bits per heavy atom. The summed E-state index contributed by atoms with van der Waals surface area (Å²) in [5.74, 6) is -0.0802. The maximum Gasteiger partial charge on any atom is 0.254 e. The summed E-state index contributed by atoms with van der Waals surface area (Å²) >= 11 is 1.61. The normalized spacial score (nSPS) is 16.9. The number of sulfonamides is 1. The molecule has 3 heterocycles. The molecule has 1 amide bonds. The zero-order chi connectivity index (χ0) is 18.2. The van der Waals surface area contributed by atoms with Crippen molar-refractivity contribution in [2.75, 3.05) is 19.3 Å². The van der Waals surface area contributed by atoms with E-state index >= 15 is 0 Å². The minimum atomic E-state index is -3.15. The molecule has 3 rings (SSSR count). The predicted molar refractivity (Wildman–Crippen MR) is 100 cm³/mol. The average Bonchev–Trinajstić information content (AvgIpc) is 3.16. The van der Waals surface area contributed by atoms with Crippen LogP contribution in [0.25, 0.3) is 5.00 Å². The fraction of sp³-hybridized carbons (Fsp3) is 0.471. The Bertz CT molecular complexity index is 861. The molecule has 1 saturated heterocycles. The first-order chi connectivity index (χ1) is 11.8. The number of carbonyl (C=O) groups excluding carboxylic acids is 1. The summed E-state index contributed by atoms with van der Waals surface area (Å²) < 4.78 is 26.6. The Morgan fingerprint density at radius 3 is 2.36 bits per heavy atom. The van der Waals surface area contributed by atoms with E-state index in [0.717, 1.165) is 15.4 Å². The molecule has 0 aromatic carbocycles. The molecule has 0 aliphatic carbocycles. The SMILES string of the molecule is Cc1sc(-n2cccc2)c(C(=O)NC2CCN(S(C)(=O)=O)CC2)c1C. The van der Waals surface area contributed by atoms with Crippen molar-refractivity contribution in [3.8, 4) is 5.00 Å². The largest absolute Gasteiger partial charge is 0.349 e. The van der Waals surface area contributed by atoms with Gasteiger partial charge >= 0.3 is 0 Å². The smallest absolute Gasteiger partial charge is 0.254 e. The van der Waals surface area contributed by atoms with E-state index in [1.165, 1.54) is 10.6 Å². The summed E-state index contributed by atoms with van der Waals surface area (Å²) in [7, 11) is -3.15. The van der Waals surface area contributed by atoms with E-state index in [0.29, 0.717) is 31.5 Å². The van der Waals surface area contributed by atoms with Gasteiger partial charge in [-0.3, -0.25) is 4.79 Å². The van der Waals surface area contributed by atoms with Crippen LogP contribution < -0.4 is 5.32 Å². The van der Waals surface area contributed by atoms with Crippen molar-refractivity contribution in [3.63, 3.8) is 0 Å². The average molecular weight is 382 g/mol. The lowest BCUT2D eigenvalue weighted by molar-refractivity contribution is 0.0923. The molecule has 0 unspecified atom stereocenters. The molecule has 136 valence electrons. The highest BCUT2D eigenvalue weighted by Gasteiger charge is 2.28. The molecule has 0 spiro atoms. The lowest BCUT2D eigenvalue weighted by Gasteiger charge is -2.30. The highest BCUT2D eigenvalue weighted by Crippen LogP contribution is 2.31. The van der Waals surface area contributed by atoms with Gasteiger partial charge in [-0.05, 0) is 44.4 Å². The molecule has 2 aromatic heterocycles. The molecule has 6 nitrogen and oxygen atoms in total. The molecule has 1 N–H and O–H groups in total. The Balaban J connectivity index is 1.75. The summed E-state index contributed by atoms with van der Waals surface area (Å²) in [4.78, 5) is 14.0. The quantitative estimate of drug-likeness (QED) is 0.883. The van der Waals surface area contributed by atoms with Crippen LogP contribution in [0.15, 0.2) is 24.5 Å². The van der Waals surface area contributed by atoms with Crippen molar-refractivity contribution in [1.29, 1.82) is 0 Å². The van der Waals surface area contributed by atoms with Crippen molar-refractivity contribution in [2.24, 2.45) is 0 Å². The summed E-state index contributed by atoms with van der Waals surface area (Å²) in [5.41, 5.74) is 1.71. The molecular weight excluding hydrogens is 358 g/mol. The summed E-state index contributed by atoms with van der Waals surface area (Å²) in [6, 6.07) is 3.88. The molecule has 1 aliphatic rings. The maximum absolute atomic E-state index is 12.9. The first kappa shape index (κ1) is 18.2. The molecule has 1 fully saturated rings. The van der Waals surface area contributed by atoms with Gasteiger partial charge in [0.05, 0.1) is 11.8 Å². The van der Waals surface area contributed by atoms with Crippen LogP contribution in [0, 0.1) is 13.8 Å². The van der Waals surface area contributed by atoms with Crippen molar-refractivity contribution < 1.29 is 13.2 Å². The van der Waals surface area contributed by atoms with E-state index in [1.807, 2.05) is 42.9 Å². The fourth-order valence-electron chi connectivity index (χ4n) is 3.12. The van der Waals surface area contributed by atoms with Crippen LogP contribution in [0.2, 0.25) is 0 Å². The molecular formula is C17H23N3O3S2. The number of nitrogens with zero attached hydrogens (tertiary/aromatic N) is 2. The van der Waals surface area contributed by atoms with Gasteiger partial charge in [0.15, 0.2) is 0 Å². The number of thiophene rings is 1. The minimum Gasteiger partial charge on any atom is -0.349 e. The van der Waals surface area contributed by atoms with Crippen LogP contribution in [0.4, 0.5) is 0 Å². The third-order valence-electron chi connectivity index (χ3n) is 4.69. The van der Waals surface area contributed by atoms with Crippen molar-refractivity contribution >= 4 is 27.3 Å². The Kier molecular flexibility index (Phi) is 5.04. The number of nitrogens with one attached hydrogen (secondary N) is 1. The Labute approximate surface area is 152 Å². The first-order valence-corrected chi connectivity index (χ1v) is 10.9.